The van der Waals surface area contributed by atoms with Crippen molar-refractivity contribution in [2.24, 2.45) is 0 Å². The van der Waals surface area contributed by atoms with Crippen LogP contribution in [0.2, 0.25) is 0 Å². The van der Waals surface area contributed by atoms with Crippen molar-refractivity contribution in [3.8, 4) is 6.19 Å². The molecule has 6 heteroatoms. The fourth-order valence-corrected chi connectivity index (χ4v) is 3.87. The molecule has 4 nitrogen and oxygen atoms in total. The highest BCUT2D eigenvalue weighted by Gasteiger charge is 2.30. The van der Waals surface area contributed by atoms with E-state index in [2.05, 4.69) is 16.4 Å². The average molecular weight is 322 g/mol. The molecule has 4 rings (SSSR count). The lowest BCUT2D eigenvalue weighted by atomic mass is 10.1. The first-order chi connectivity index (χ1) is 11.3. The lowest BCUT2D eigenvalue weighted by Gasteiger charge is -2.22. The molecule has 23 heavy (non-hydrogen) atoms. The number of fused-ring (bicyclic) bond motifs is 1. The summed E-state index contributed by atoms with van der Waals surface area (Å²) in [5.74, 6) is -0.289. The van der Waals surface area contributed by atoms with Crippen LogP contribution in [-0.4, -0.2) is 15.1 Å². The summed E-state index contributed by atoms with van der Waals surface area (Å²) >= 11 is 1.56. The quantitative estimate of drug-likeness (QED) is 0.717. The number of benzene rings is 2. The van der Waals surface area contributed by atoms with Gasteiger partial charge in [-0.05, 0) is 46.9 Å². The van der Waals surface area contributed by atoms with Crippen molar-refractivity contribution in [3.05, 3.63) is 71.0 Å². The summed E-state index contributed by atoms with van der Waals surface area (Å²) in [6, 6.07) is 12.1. The molecule has 0 fully saturated rings. The number of H-pyrrole nitrogens is 1. The Balaban J connectivity index is 1.74. The summed E-state index contributed by atoms with van der Waals surface area (Å²) in [6.07, 6.45) is 4.03. The monoisotopic (exact) mass is 322 g/mol. The molecule has 0 saturated carbocycles. The van der Waals surface area contributed by atoms with Gasteiger partial charge in [-0.1, -0.05) is 12.1 Å². The number of thioether (sulfide) groups is 1. The van der Waals surface area contributed by atoms with Crippen LogP contribution in [0.5, 0.6) is 0 Å². The van der Waals surface area contributed by atoms with E-state index in [1.54, 1.807) is 35.0 Å². The van der Waals surface area contributed by atoms with Crippen molar-refractivity contribution >= 4 is 28.4 Å². The second-order valence-electron chi connectivity index (χ2n) is 5.15. The van der Waals surface area contributed by atoms with E-state index >= 15 is 0 Å². The number of nitriles is 1. The Morgan fingerprint density at radius 1 is 1.22 bits per heavy atom. The maximum Gasteiger partial charge on any atom is 0.185 e. The fourth-order valence-electron chi connectivity index (χ4n) is 2.73. The van der Waals surface area contributed by atoms with Crippen LogP contribution >= 0.6 is 11.8 Å². The topological polar surface area (TPSA) is 55.7 Å². The summed E-state index contributed by atoms with van der Waals surface area (Å²) in [5, 5.41) is 19.4. The molecule has 0 saturated heterocycles. The van der Waals surface area contributed by atoms with Crippen molar-refractivity contribution in [1.82, 2.24) is 15.1 Å². The first-order valence-electron chi connectivity index (χ1n) is 7.00. The molecule has 1 aliphatic heterocycles. The molecule has 1 atom stereocenters. The van der Waals surface area contributed by atoms with Crippen molar-refractivity contribution in [3.63, 3.8) is 0 Å². The summed E-state index contributed by atoms with van der Waals surface area (Å²) in [6.45, 7) is 0. The third-order valence-corrected chi connectivity index (χ3v) is 4.92. The minimum Gasteiger partial charge on any atom is -0.278 e. The van der Waals surface area contributed by atoms with Crippen molar-refractivity contribution in [2.75, 3.05) is 0 Å². The van der Waals surface area contributed by atoms with Crippen molar-refractivity contribution in [2.45, 2.75) is 5.37 Å². The molecule has 1 aliphatic rings. The van der Waals surface area contributed by atoms with Gasteiger partial charge in [-0.3, -0.25) is 10.00 Å². The molecule has 1 N–H and O–H groups in total. The number of hydrogen-bond donors (Lipinski definition) is 1. The molecule has 2 aromatic carbocycles. The van der Waals surface area contributed by atoms with Gasteiger partial charge in [-0.15, -0.1) is 11.8 Å². The Labute approximate surface area is 136 Å². The molecular weight excluding hydrogens is 311 g/mol. The van der Waals surface area contributed by atoms with Gasteiger partial charge in [0.05, 0.1) is 17.4 Å². The summed E-state index contributed by atoms with van der Waals surface area (Å²) in [5.41, 5.74) is 3.57. The fraction of sp³-hybridized carbons (Fsp3) is 0.0588. The Morgan fingerprint density at radius 3 is 2.83 bits per heavy atom. The van der Waals surface area contributed by atoms with Gasteiger partial charge in [0.1, 0.15) is 11.2 Å². The van der Waals surface area contributed by atoms with Gasteiger partial charge in [0.2, 0.25) is 0 Å². The van der Waals surface area contributed by atoms with E-state index in [-0.39, 0.29) is 11.2 Å². The zero-order valence-corrected chi connectivity index (χ0v) is 12.7. The van der Waals surface area contributed by atoms with Gasteiger partial charge in [0, 0.05) is 5.39 Å². The minimum atomic E-state index is -0.289. The van der Waals surface area contributed by atoms with Gasteiger partial charge in [0.15, 0.2) is 6.19 Å². The van der Waals surface area contributed by atoms with Gasteiger partial charge < -0.3 is 0 Å². The second kappa shape index (κ2) is 5.45. The number of hydrogen-bond acceptors (Lipinski definition) is 4. The van der Waals surface area contributed by atoms with E-state index in [9.17, 15) is 9.65 Å². The number of aromatic nitrogens is 2. The third kappa shape index (κ3) is 2.26. The van der Waals surface area contributed by atoms with Crippen LogP contribution in [0.4, 0.5) is 4.39 Å². The Kier molecular flexibility index (Phi) is 3.28. The number of rotatable bonds is 2. The molecule has 2 heterocycles. The maximum atomic E-state index is 13.1. The molecule has 3 aromatic rings. The number of nitrogens with zero attached hydrogens (tertiary/aromatic N) is 3. The molecule has 0 radical (unpaired) electrons. The molecule has 0 aliphatic carbocycles. The molecule has 1 unspecified atom stereocenters. The Hall–Kier alpha value is -2.78. The Bertz CT molecular complexity index is 939. The van der Waals surface area contributed by atoms with E-state index in [4.69, 9.17) is 0 Å². The lowest BCUT2D eigenvalue weighted by molar-refractivity contribution is 0.543. The SMILES string of the molecule is N#CN1C(c2ccc(F)cc2)=CSC1c1cccc2[nH]ncc12. The van der Waals surface area contributed by atoms with E-state index < -0.39 is 0 Å². The number of aromatic amines is 1. The summed E-state index contributed by atoms with van der Waals surface area (Å²) < 4.78 is 13.1. The second-order valence-corrected chi connectivity index (χ2v) is 6.10. The standard InChI is InChI=1S/C17H11FN4S/c18-12-6-4-11(5-7-12)16-9-23-17(22(16)10-19)13-2-1-3-15-14(13)8-20-21-15/h1-9,17H,(H,20,21). The predicted octanol–water partition coefficient (Wildman–Crippen LogP) is 4.23. The highest BCUT2D eigenvalue weighted by molar-refractivity contribution is 8.02. The highest BCUT2D eigenvalue weighted by Crippen LogP contribution is 2.47. The van der Waals surface area contributed by atoms with Crippen LogP contribution < -0.4 is 0 Å². The van der Waals surface area contributed by atoms with Crippen LogP contribution in [0.3, 0.4) is 0 Å². The number of halogens is 1. The molecule has 112 valence electrons. The van der Waals surface area contributed by atoms with Crippen LogP contribution in [0.15, 0.2) is 54.1 Å². The normalized spacial score (nSPS) is 17.3. The zero-order valence-electron chi connectivity index (χ0n) is 11.9. The van der Waals surface area contributed by atoms with Gasteiger partial charge in [-0.2, -0.15) is 10.4 Å². The summed E-state index contributed by atoms with van der Waals surface area (Å²) in [7, 11) is 0. The van der Waals surface area contributed by atoms with E-state index in [0.717, 1.165) is 27.7 Å². The minimum absolute atomic E-state index is 0.152. The van der Waals surface area contributed by atoms with E-state index in [1.165, 1.54) is 12.1 Å². The first kappa shape index (κ1) is 13.9. The van der Waals surface area contributed by atoms with Crippen LogP contribution in [0, 0.1) is 17.3 Å². The molecular formula is C17H11FN4S. The number of nitrogens with one attached hydrogen (secondary N) is 1. The predicted molar refractivity (Wildman–Crippen MR) is 88.3 cm³/mol. The van der Waals surface area contributed by atoms with Crippen molar-refractivity contribution < 1.29 is 4.39 Å². The molecule has 0 spiro atoms. The molecule has 0 amide bonds. The summed E-state index contributed by atoms with van der Waals surface area (Å²) in [4.78, 5) is 1.65. The smallest absolute Gasteiger partial charge is 0.185 e. The van der Waals surface area contributed by atoms with E-state index in [0.29, 0.717) is 0 Å². The van der Waals surface area contributed by atoms with Crippen LogP contribution in [0.25, 0.3) is 16.6 Å². The van der Waals surface area contributed by atoms with Crippen LogP contribution in [-0.2, 0) is 0 Å². The van der Waals surface area contributed by atoms with Gasteiger partial charge in [-0.25, -0.2) is 4.39 Å². The van der Waals surface area contributed by atoms with E-state index in [1.807, 2.05) is 23.6 Å². The van der Waals surface area contributed by atoms with Gasteiger partial charge >= 0.3 is 0 Å². The molecule has 1 aromatic heterocycles. The first-order valence-corrected chi connectivity index (χ1v) is 7.95. The average Bonchev–Trinajstić information content (AvgIpc) is 3.21. The van der Waals surface area contributed by atoms with Crippen LogP contribution in [0.1, 0.15) is 16.5 Å². The lowest BCUT2D eigenvalue weighted by Crippen LogP contribution is -2.16. The molecule has 0 bridgehead atoms. The largest absolute Gasteiger partial charge is 0.278 e. The Morgan fingerprint density at radius 2 is 2.04 bits per heavy atom. The van der Waals surface area contributed by atoms with Crippen molar-refractivity contribution in [1.29, 1.82) is 5.26 Å². The zero-order chi connectivity index (χ0) is 15.8. The third-order valence-electron chi connectivity index (χ3n) is 3.83. The van der Waals surface area contributed by atoms with Gasteiger partial charge in [0.25, 0.3) is 0 Å². The highest BCUT2D eigenvalue weighted by atomic mass is 32.2. The maximum absolute atomic E-state index is 13.1.